The minimum absolute atomic E-state index is 0.0197. The van der Waals surface area contributed by atoms with Gasteiger partial charge in [0.25, 0.3) is 5.91 Å². The van der Waals surface area contributed by atoms with Crippen molar-refractivity contribution in [2.24, 2.45) is 0 Å². The van der Waals surface area contributed by atoms with Gasteiger partial charge in [0, 0.05) is 24.9 Å². The first-order valence-corrected chi connectivity index (χ1v) is 7.36. The van der Waals surface area contributed by atoms with Crippen LogP contribution in [-0.4, -0.2) is 45.0 Å². The summed E-state index contributed by atoms with van der Waals surface area (Å²) in [5.41, 5.74) is 1.36. The first-order chi connectivity index (χ1) is 10.6. The molecule has 1 fully saturated rings. The van der Waals surface area contributed by atoms with Gasteiger partial charge in [0.05, 0.1) is 29.5 Å². The third-order valence-electron chi connectivity index (χ3n) is 3.54. The predicted molar refractivity (Wildman–Crippen MR) is 81.0 cm³/mol. The minimum Gasteiger partial charge on any atom is -0.458 e. The largest absolute Gasteiger partial charge is 0.458 e. The number of nitrogens with zero attached hydrogens (tertiary/aromatic N) is 4. The van der Waals surface area contributed by atoms with E-state index < -0.39 is 0 Å². The molecule has 1 aliphatic heterocycles. The minimum atomic E-state index is -0.109. The Balaban J connectivity index is 1.63. The first kappa shape index (κ1) is 14.7. The van der Waals surface area contributed by atoms with Gasteiger partial charge in [0.15, 0.2) is 0 Å². The fraction of sp³-hybridized carbons (Fsp3) is 0.333. The molecule has 114 valence electrons. The Labute approximate surface area is 133 Å². The molecule has 1 atom stereocenters. The summed E-state index contributed by atoms with van der Waals surface area (Å²) in [5.74, 6) is -0.0197. The van der Waals surface area contributed by atoms with E-state index in [1.165, 1.54) is 12.4 Å². The molecule has 0 unspecified atom stereocenters. The molecule has 0 N–H and O–H groups in total. The molecule has 0 saturated carbocycles. The summed E-state index contributed by atoms with van der Waals surface area (Å²) < 4.78 is 5.69. The van der Waals surface area contributed by atoms with Gasteiger partial charge in [-0.05, 0) is 19.1 Å². The van der Waals surface area contributed by atoms with Crippen LogP contribution in [0.25, 0.3) is 0 Å². The highest BCUT2D eigenvalue weighted by atomic mass is 35.5. The summed E-state index contributed by atoms with van der Waals surface area (Å²) in [6.07, 6.45) is 5.29. The summed E-state index contributed by atoms with van der Waals surface area (Å²) in [6.45, 7) is 2.99. The molecular weight excluding hydrogens is 304 g/mol. The van der Waals surface area contributed by atoms with Crippen LogP contribution in [0.1, 0.15) is 22.5 Å². The van der Waals surface area contributed by atoms with Crippen LogP contribution in [-0.2, 0) is 0 Å². The highest BCUT2D eigenvalue weighted by Gasteiger charge is 2.29. The van der Waals surface area contributed by atoms with Crippen molar-refractivity contribution >= 4 is 17.5 Å². The summed E-state index contributed by atoms with van der Waals surface area (Å²) in [5, 5.41) is 0.461. The first-order valence-electron chi connectivity index (χ1n) is 6.98. The van der Waals surface area contributed by atoms with Gasteiger partial charge in [-0.3, -0.25) is 9.78 Å². The number of ether oxygens (including phenoxy) is 1. The average Bonchev–Trinajstić information content (AvgIpc) is 2.98. The van der Waals surface area contributed by atoms with Gasteiger partial charge in [-0.1, -0.05) is 11.6 Å². The fourth-order valence-corrected chi connectivity index (χ4v) is 2.50. The number of aryl methyl sites for hydroxylation is 1. The third kappa shape index (κ3) is 3.17. The summed E-state index contributed by atoms with van der Waals surface area (Å²) in [7, 11) is 0. The number of carbonyl (C=O) groups excluding carboxylic acids is 1. The number of likely N-dealkylation sites (tertiary alicyclic amines) is 1. The molecule has 1 amide bonds. The van der Waals surface area contributed by atoms with Crippen LogP contribution in [0.3, 0.4) is 0 Å². The van der Waals surface area contributed by atoms with Crippen LogP contribution in [0.15, 0.2) is 30.7 Å². The SMILES string of the molecule is Cc1ncccc1C(=O)N1CC[C@H](Oc2ncc(Cl)cn2)C1. The Morgan fingerprint density at radius 1 is 1.36 bits per heavy atom. The molecule has 3 rings (SSSR count). The van der Waals surface area contributed by atoms with Crippen molar-refractivity contribution in [3.8, 4) is 6.01 Å². The Hall–Kier alpha value is -2.21. The number of amides is 1. The standard InChI is InChI=1S/C15H15ClN4O2/c1-10-13(3-2-5-17-10)14(21)20-6-4-12(9-20)22-15-18-7-11(16)8-19-15/h2-3,5,7-8,12H,4,6,9H2,1H3/t12-/m0/s1. The summed E-state index contributed by atoms with van der Waals surface area (Å²) >= 11 is 5.74. The normalized spacial score (nSPS) is 17.5. The van der Waals surface area contributed by atoms with Gasteiger partial charge < -0.3 is 9.64 Å². The second-order valence-corrected chi connectivity index (χ2v) is 5.54. The van der Waals surface area contributed by atoms with Crippen molar-refractivity contribution in [3.63, 3.8) is 0 Å². The van der Waals surface area contributed by atoms with Gasteiger partial charge in [0.1, 0.15) is 6.10 Å². The van der Waals surface area contributed by atoms with E-state index in [0.717, 1.165) is 12.1 Å². The molecule has 2 aromatic rings. The zero-order valence-electron chi connectivity index (χ0n) is 12.1. The number of carbonyl (C=O) groups is 1. The topological polar surface area (TPSA) is 68.2 Å². The van der Waals surface area contributed by atoms with Gasteiger partial charge in [-0.2, -0.15) is 0 Å². The maximum Gasteiger partial charge on any atom is 0.316 e. The average molecular weight is 319 g/mol. The van der Waals surface area contributed by atoms with Crippen molar-refractivity contribution in [1.82, 2.24) is 19.9 Å². The number of rotatable bonds is 3. The molecule has 7 heteroatoms. The molecule has 2 aromatic heterocycles. The Kier molecular flexibility index (Phi) is 4.20. The molecule has 0 aliphatic carbocycles. The second-order valence-electron chi connectivity index (χ2n) is 5.10. The van der Waals surface area contributed by atoms with Crippen molar-refractivity contribution in [1.29, 1.82) is 0 Å². The lowest BCUT2D eigenvalue weighted by molar-refractivity contribution is 0.0768. The van der Waals surface area contributed by atoms with Crippen LogP contribution in [0, 0.1) is 6.92 Å². The van der Waals surface area contributed by atoms with Gasteiger partial charge in [-0.15, -0.1) is 0 Å². The van der Waals surface area contributed by atoms with E-state index in [2.05, 4.69) is 15.0 Å². The van der Waals surface area contributed by atoms with Gasteiger partial charge in [0.2, 0.25) is 0 Å². The highest BCUT2D eigenvalue weighted by Crippen LogP contribution is 2.18. The second kappa shape index (κ2) is 6.27. The molecular formula is C15H15ClN4O2. The molecule has 22 heavy (non-hydrogen) atoms. The van der Waals surface area contributed by atoms with E-state index in [0.29, 0.717) is 23.7 Å². The van der Waals surface area contributed by atoms with Crippen LogP contribution in [0.2, 0.25) is 5.02 Å². The third-order valence-corrected chi connectivity index (χ3v) is 3.73. The number of pyridine rings is 1. The lowest BCUT2D eigenvalue weighted by atomic mass is 10.2. The molecule has 3 heterocycles. The molecule has 0 aromatic carbocycles. The number of hydrogen-bond acceptors (Lipinski definition) is 5. The van der Waals surface area contributed by atoms with E-state index in [4.69, 9.17) is 16.3 Å². The van der Waals surface area contributed by atoms with E-state index in [1.54, 1.807) is 23.2 Å². The summed E-state index contributed by atoms with van der Waals surface area (Å²) in [4.78, 5) is 26.4. The number of halogens is 1. The van der Waals surface area contributed by atoms with Crippen molar-refractivity contribution in [2.45, 2.75) is 19.4 Å². The lowest BCUT2D eigenvalue weighted by Gasteiger charge is -2.17. The Bertz CT molecular complexity index is 677. The smallest absolute Gasteiger partial charge is 0.316 e. The maximum absolute atomic E-state index is 12.5. The Morgan fingerprint density at radius 2 is 2.14 bits per heavy atom. The molecule has 1 aliphatic rings. The quantitative estimate of drug-likeness (QED) is 0.867. The highest BCUT2D eigenvalue weighted by molar-refractivity contribution is 6.30. The van der Waals surface area contributed by atoms with E-state index in [9.17, 15) is 4.79 Å². The van der Waals surface area contributed by atoms with Gasteiger partial charge >= 0.3 is 6.01 Å². The molecule has 0 spiro atoms. The zero-order valence-corrected chi connectivity index (χ0v) is 12.8. The van der Waals surface area contributed by atoms with Crippen molar-refractivity contribution in [3.05, 3.63) is 47.0 Å². The molecule has 1 saturated heterocycles. The number of hydrogen-bond donors (Lipinski definition) is 0. The van der Waals surface area contributed by atoms with E-state index in [1.807, 2.05) is 6.92 Å². The Morgan fingerprint density at radius 3 is 2.86 bits per heavy atom. The molecule has 0 radical (unpaired) electrons. The summed E-state index contributed by atoms with van der Waals surface area (Å²) in [6, 6.07) is 3.84. The monoisotopic (exact) mass is 318 g/mol. The van der Waals surface area contributed by atoms with Crippen molar-refractivity contribution < 1.29 is 9.53 Å². The van der Waals surface area contributed by atoms with Crippen LogP contribution >= 0.6 is 11.6 Å². The maximum atomic E-state index is 12.5. The molecule has 6 nitrogen and oxygen atoms in total. The van der Waals surface area contributed by atoms with E-state index >= 15 is 0 Å². The van der Waals surface area contributed by atoms with Gasteiger partial charge in [-0.25, -0.2) is 9.97 Å². The van der Waals surface area contributed by atoms with Crippen molar-refractivity contribution in [2.75, 3.05) is 13.1 Å². The van der Waals surface area contributed by atoms with Crippen LogP contribution < -0.4 is 4.74 Å². The van der Waals surface area contributed by atoms with Crippen LogP contribution in [0.4, 0.5) is 0 Å². The zero-order chi connectivity index (χ0) is 15.5. The predicted octanol–water partition coefficient (Wildman–Crippen LogP) is 2.13. The fourth-order valence-electron chi connectivity index (χ4n) is 2.40. The lowest BCUT2D eigenvalue weighted by Crippen LogP contribution is -2.31. The number of aromatic nitrogens is 3. The van der Waals surface area contributed by atoms with E-state index in [-0.39, 0.29) is 18.0 Å². The molecule has 0 bridgehead atoms. The van der Waals surface area contributed by atoms with Crippen LogP contribution in [0.5, 0.6) is 6.01 Å².